The zero-order valence-electron chi connectivity index (χ0n) is 31.6. The van der Waals surface area contributed by atoms with E-state index in [0.717, 1.165) is 77.0 Å². The lowest BCUT2D eigenvalue weighted by molar-refractivity contribution is 0.141. The number of carboxylic acid groups (broad SMARTS) is 1. The van der Waals surface area contributed by atoms with Crippen molar-refractivity contribution in [2.45, 2.75) is 201 Å². The Bertz CT molecular complexity index is 917. The fourth-order valence-electron chi connectivity index (χ4n) is 6.14. The fourth-order valence-corrected chi connectivity index (χ4v) is 6.14. The van der Waals surface area contributed by atoms with Gasteiger partial charge in [-0.1, -0.05) is 169 Å². The second kappa shape index (κ2) is 30.7. The molecule has 0 fully saturated rings. The van der Waals surface area contributed by atoms with Crippen LogP contribution in [0.15, 0.2) is 0 Å². The molecule has 1 aromatic carbocycles. The Morgan fingerprint density at radius 3 is 1.17 bits per heavy atom. The standard InChI is InChI=1S/C41H74O7/c1-5-9-13-17-20-24-28-32-45-38-35(31-27-23-16-12-8-4)37(48-41(43)44)36(42)39(46-33-29-25-21-18-14-10-6-2)40(38)47-34-30-26-22-19-15-11-7-3/h42H,5-34H2,1-4H3,(H,43,44). The number of aromatic hydroxyl groups is 1. The highest BCUT2D eigenvalue weighted by atomic mass is 16.7. The Morgan fingerprint density at radius 2 is 0.771 bits per heavy atom. The number of hydrogen-bond acceptors (Lipinski definition) is 6. The minimum atomic E-state index is -1.47. The van der Waals surface area contributed by atoms with Crippen LogP contribution in [0.1, 0.15) is 200 Å². The molecular weight excluding hydrogens is 604 g/mol. The van der Waals surface area contributed by atoms with Gasteiger partial charge in [-0.2, -0.15) is 0 Å². The van der Waals surface area contributed by atoms with Crippen molar-refractivity contribution in [2.24, 2.45) is 0 Å². The first kappa shape index (κ1) is 43.7. The summed E-state index contributed by atoms with van der Waals surface area (Å²) in [7, 11) is 0. The van der Waals surface area contributed by atoms with Gasteiger partial charge in [-0.05, 0) is 32.1 Å². The Labute approximate surface area is 294 Å². The topological polar surface area (TPSA) is 94.5 Å². The Balaban J connectivity index is 3.29. The number of hydrogen-bond donors (Lipinski definition) is 2. The van der Waals surface area contributed by atoms with Gasteiger partial charge in [0, 0.05) is 5.56 Å². The summed E-state index contributed by atoms with van der Waals surface area (Å²) in [4.78, 5) is 11.9. The first-order chi connectivity index (χ1) is 23.5. The second-order valence-electron chi connectivity index (χ2n) is 13.6. The minimum absolute atomic E-state index is 0.0783. The van der Waals surface area contributed by atoms with Gasteiger partial charge in [0.25, 0.3) is 0 Å². The van der Waals surface area contributed by atoms with Gasteiger partial charge in [0.2, 0.25) is 17.2 Å². The van der Waals surface area contributed by atoms with Gasteiger partial charge in [-0.25, -0.2) is 4.79 Å². The lowest BCUT2D eigenvalue weighted by atomic mass is 10.0. The van der Waals surface area contributed by atoms with Gasteiger partial charge < -0.3 is 29.2 Å². The molecule has 7 heteroatoms. The zero-order chi connectivity index (χ0) is 35.1. The molecule has 0 amide bonds. The molecule has 0 saturated heterocycles. The van der Waals surface area contributed by atoms with E-state index in [4.69, 9.17) is 18.9 Å². The largest absolute Gasteiger partial charge is 0.511 e. The Morgan fingerprint density at radius 1 is 0.438 bits per heavy atom. The maximum atomic E-state index is 11.9. The number of carbonyl (C=O) groups is 1. The third-order valence-corrected chi connectivity index (χ3v) is 9.09. The number of phenolic OH excluding ortho intramolecular Hbond substituents is 1. The van der Waals surface area contributed by atoms with Crippen LogP contribution in [0.25, 0.3) is 0 Å². The highest BCUT2D eigenvalue weighted by Crippen LogP contribution is 2.54. The molecule has 0 unspecified atom stereocenters. The van der Waals surface area contributed by atoms with Crippen LogP contribution in [0, 0.1) is 0 Å². The minimum Gasteiger partial charge on any atom is -0.502 e. The molecule has 0 atom stereocenters. The van der Waals surface area contributed by atoms with Crippen molar-refractivity contribution in [3.8, 4) is 28.7 Å². The molecule has 48 heavy (non-hydrogen) atoms. The highest BCUT2D eigenvalue weighted by molar-refractivity contribution is 5.73. The van der Waals surface area contributed by atoms with Gasteiger partial charge in [0.15, 0.2) is 11.5 Å². The monoisotopic (exact) mass is 679 g/mol. The van der Waals surface area contributed by atoms with Crippen molar-refractivity contribution in [2.75, 3.05) is 19.8 Å². The molecule has 0 aliphatic heterocycles. The van der Waals surface area contributed by atoms with E-state index in [0.29, 0.717) is 43.3 Å². The van der Waals surface area contributed by atoms with E-state index in [1.807, 2.05) is 0 Å². The number of rotatable bonds is 34. The molecule has 7 nitrogen and oxygen atoms in total. The molecular formula is C41H74O7. The molecule has 1 aromatic rings. The third-order valence-electron chi connectivity index (χ3n) is 9.09. The van der Waals surface area contributed by atoms with Crippen LogP contribution in [0.3, 0.4) is 0 Å². The van der Waals surface area contributed by atoms with Gasteiger partial charge in [0.1, 0.15) is 0 Å². The van der Waals surface area contributed by atoms with Gasteiger partial charge in [-0.15, -0.1) is 0 Å². The summed E-state index contributed by atoms with van der Waals surface area (Å²) in [6.45, 7) is 10.2. The molecule has 0 heterocycles. The van der Waals surface area contributed by atoms with Crippen molar-refractivity contribution < 1.29 is 34.0 Å². The van der Waals surface area contributed by atoms with E-state index < -0.39 is 6.16 Å². The molecule has 0 radical (unpaired) electrons. The van der Waals surface area contributed by atoms with E-state index in [1.54, 1.807) is 0 Å². The van der Waals surface area contributed by atoms with Gasteiger partial charge in [-0.3, -0.25) is 0 Å². The number of unbranched alkanes of at least 4 members (excludes halogenated alkanes) is 22. The summed E-state index contributed by atoms with van der Waals surface area (Å²) in [5.74, 6) is 0.630. The molecule has 280 valence electrons. The van der Waals surface area contributed by atoms with Crippen LogP contribution in [-0.2, 0) is 6.42 Å². The predicted molar refractivity (Wildman–Crippen MR) is 200 cm³/mol. The van der Waals surface area contributed by atoms with E-state index >= 15 is 0 Å². The van der Waals surface area contributed by atoms with Crippen molar-refractivity contribution in [3.63, 3.8) is 0 Å². The number of phenols is 1. The molecule has 1 rings (SSSR count). The van der Waals surface area contributed by atoms with E-state index in [9.17, 15) is 15.0 Å². The summed E-state index contributed by atoms with van der Waals surface area (Å²) in [6.07, 6.45) is 28.6. The molecule has 0 aliphatic carbocycles. The predicted octanol–water partition coefficient (Wildman–Crippen LogP) is 13.4. The molecule has 0 spiro atoms. The Hall–Kier alpha value is -2.31. The van der Waals surface area contributed by atoms with Crippen molar-refractivity contribution in [1.82, 2.24) is 0 Å². The summed E-state index contributed by atoms with van der Waals surface area (Å²) >= 11 is 0. The molecule has 0 saturated carbocycles. The Kier molecular flexibility index (Phi) is 28.0. The quantitative estimate of drug-likeness (QED) is 0.0425. The third kappa shape index (κ3) is 20.3. The average molecular weight is 679 g/mol. The summed E-state index contributed by atoms with van der Waals surface area (Å²) in [5.41, 5.74) is 0.562. The van der Waals surface area contributed by atoms with Crippen LogP contribution in [0.2, 0.25) is 0 Å². The highest BCUT2D eigenvalue weighted by Gasteiger charge is 2.30. The van der Waals surface area contributed by atoms with Crippen molar-refractivity contribution >= 4 is 6.16 Å². The van der Waals surface area contributed by atoms with Crippen LogP contribution in [-0.4, -0.2) is 36.2 Å². The average Bonchev–Trinajstić information content (AvgIpc) is 3.07. The van der Waals surface area contributed by atoms with Crippen LogP contribution in [0.5, 0.6) is 28.7 Å². The first-order valence-electron chi connectivity index (χ1n) is 20.2. The lowest BCUT2D eigenvalue weighted by Gasteiger charge is -2.23. The summed E-state index contributed by atoms with van der Waals surface area (Å²) in [5, 5.41) is 21.3. The van der Waals surface area contributed by atoms with E-state index in [1.165, 1.54) is 89.9 Å². The number of benzene rings is 1. The maximum absolute atomic E-state index is 11.9. The zero-order valence-corrected chi connectivity index (χ0v) is 31.6. The molecule has 0 bridgehead atoms. The maximum Gasteiger partial charge on any atom is 0.511 e. The summed E-state index contributed by atoms with van der Waals surface area (Å²) < 4.78 is 24.5. The van der Waals surface area contributed by atoms with Crippen LogP contribution < -0.4 is 18.9 Å². The van der Waals surface area contributed by atoms with Crippen LogP contribution in [0.4, 0.5) is 4.79 Å². The van der Waals surface area contributed by atoms with Gasteiger partial charge in [0.05, 0.1) is 19.8 Å². The van der Waals surface area contributed by atoms with E-state index in [-0.39, 0.29) is 17.2 Å². The van der Waals surface area contributed by atoms with Gasteiger partial charge >= 0.3 is 6.16 Å². The molecule has 0 aliphatic rings. The van der Waals surface area contributed by atoms with Crippen molar-refractivity contribution in [1.29, 1.82) is 0 Å². The molecule has 2 N–H and O–H groups in total. The smallest absolute Gasteiger partial charge is 0.502 e. The second-order valence-corrected chi connectivity index (χ2v) is 13.6. The normalized spacial score (nSPS) is 11.2. The summed E-state index contributed by atoms with van der Waals surface area (Å²) in [6, 6.07) is 0. The fraction of sp³-hybridized carbons (Fsp3) is 0.829. The SMILES string of the molecule is CCCCCCCCCOc1c(O)c(OC(=O)O)c(CCCCCCC)c(OCCCCCCCCC)c1OCCCCCCCCC. The number of ether oxygens (including phenoxy) is 4. The van der Waals surface area contributed by atoms with Crippen molar-refractivity contribution in [3.05, 3.63) is 5.56 Å². The van der Waals surface area contributed by atoms with Crippen LogP contribution >= 0.6 is 0 Å². The first-order valence-corrected chi connectivity index (χ1v) is 20.2. The van der Waals surface area contributed by atoms with E-state index in [2.05, 4.69) is 27.7 Å². The molecule has 0 aromatic heterocycles. The lowest BCUT2D eigenvalue weighted by Crippen LogP contribution is -2.12.